The molecular formula is C43H73NO4. The molecule has 1 aliphatic heterocycles. The quantitative estimate of drug-likeness (QED) is 0.0396. The highest BCUT2D eigenvalue weighted by Gasteiger charge is 2.52. The number of carbonyl (C=O) groups is 2. The van der Waals surface area contributed by atoms with E-state index in [0.717, 1.165) is 83.6 Å². The van der Waals surface area contributed by atoms with E-state index in [9.17, 15) is 9.59 Å². The second kappa shape index (κ2) is 30.6. The number of nitrogens with zero attached hydrogens (tertiary/aromatic N) is 1. The van der Waals surface area contributed by atoms with Crippen LogP contribution in [0, 0.1) is 0 Å². The Labute approximate surface area is 296 Å². The number of carbonyl (C=O) groups excluding carboxylic acids is 2. The van der Waals surface area contributed by atoms with Crippen molar-refractivity contribution >= 4 is 11.6 Å². The maximum atomic E-state index is 13.4. The molecule has 0 saturated carbocycles. The molecule has 1 rings (SSSR count). The number of unbranched alkanes of at least 4 members (excludes halogenated alkanes) is 16. The lowest BCUT2D eigenvalue weighted by molar-refractivity contribution is -0.185. The largest absolute Gasteiger partial charge is 0.444 e. The predicted octanol–water partition coefficient (Wildman–Crippen LogP) is 12.3. The van der Waals surface area contributed by atoms with Crippen LogP contribution in [-0.4, -0.2) is 42.9 Å². The average Bonchev–Trinajstić information content (AvgIpc) is 3.53. The van der Waals surface area contributed by atoms with E-state index in [1.54, 1.807) is 0 Å². The van der Waals surface area contributed by atoms with E-state index in [1.807, 2.05) is 14.1 Å². The minimum atomic E-state index is -1.77. The van der Waals surface area contributed by atoms with Crippen LogP contribution in [0.2, 0.25) is 0 Å². The number of hydrogen-bond donors (Lipinski definition) is 0. The lowest BCUT2D eigenvalue weighted by Gasteiger charge is -2.26. The Hall–Kier alpha value is -2.40. The molecule has 0 radical (unpaired) electrons. The van der Waals surface area contributed by atoms with Crippen molar-refractivity contribution in [3.63, 3.8) is 0 Å². The van der Waals surface area contributed by atoms with Crippen molar-refractivity contribution in [1.82, 2.24) is 4.90 Å². The maximum Gasteiger partial charge on any atom is 0.372 e. The molecule has 1 heterocycles. The van der Waals surface area contributed by atoms with Crippen LogP contribution in [0.1, 0.15) is 174 Å². The monoisotopic (exact) mass is 668 g/mol. The summed E-state index contributed by atoms with van der Waals surface area (Å²) in [5.41, 5.74) is 0. The molecule has 0 aromatic carbocycles. The summed E-state index contributed by atoms with van der Waals surface area (Å²) in [5.74, 6) is -1.63. The molecule has 1 aliphatic rings. The Morgan fingerprint density at radius 2 is 0.979 bits per heavy atom. The highest BCUT2D eigenvalue weighted by molar-refractivity contribution is 6.09. The van der Waals surface area contributed by atoms with Gasteiger partial charge in [0.25, 0.3) is 0 Å². The van der Waals surface area contributed by atoms with Crippen LogP contribution in [0.25, 0.3) is 0 Å². The van der Waals surface area contributed by atoms with Gasteiger partial charge >= 0.3 is 5.79 Å². The fourth-order valence-electron chi connectivity index (χ4n) is 5.75. The Morgan fingerprint density at radius 1 is 0.583 bits per heavy atom. The summed E-state index contributed by atoms with van der Waals surface area (Å²) in [5, 5.41) is 0. The SMILES string of the molecule is CCCCC/C=C\C/C=C\CCCCCCCC(=O)C1(C(=O)CCCCCCC/C=C\C/C=C\CCCCC)OC=C(CCN(C)C)O1. The number of rotatable bonds is 33. The van der Waals surface area contributed by atoms with E-state index < -0.39 is 5.79 Å². The van der Waals surface area contributed by atoms with E-state index in [4.69, 9.17) is 9.47 Å². The number of hydrogen-bond acceptors (Lipinski definition) is 5. The molecule has 0 amide bonds. The van der Waals surface area contributed by atoms with Crippen molar-refractivity contribution < 1.29 is 19.1 Å². The normalized spacial score (nSPS) is 14.6. The Kier molecular flexibility index (Phi) is 27.8. The fourth-order valence-corrected chi connectivity index (χ4v) is 5.75. The topological polar surface area (TPSA) is 55.8 Å². The maximum absolute atomic E-state index is 13.4. The standard InChI is InChI=1S/C43H73NO4/c1-5-7-9-11-13-15-17-19-21-23-25-27-29-31-33-35-41(45)43(47-39-40(48-43)37-38-44(3)4)42(46)36-34-32-30-28-26-24-22-20-18-16-14-12-10-8-6-2/h13-16,19-22,39H,5-12,17-18,23-38H2,1-4H3/b15-13-,16-14-,21-19-,22-20-. The summed E-state index contributed by atoms with van der Waals surface area (Å²) in [7, 11) is 3.99. The van der Waals surface area contributed by atoms with Crippen molar-refractivity contribution in [2.45, 2.75) is 180 Å². The van der Waals surface area contributed by atoms with Crippen LogP contribution in [0.15, 0.2) is 60.6 Å². The number of ketones is 2. The van der Waals surface area contributed by atoms with Crippen molar-refractivity contribution in [2.75, 3.05) is 20.6 Å². The molecule has 0 saturated heterocycles. The van der Waals surface area contributed by atoms with E-state index >= 15 is 0 Å². The summed E-state index contributed by atoms with van der Waals surface area (Å²) in [6, 6.07) is 0. The van der Waals surface area contributed by atoms with Gasteiger partial charge in [-0.05, 0) is 91.1 Å². The van der Waals surface area contributed by atoms with E-state index in [0.29, 0.717) is 25.0 Å². The van der Waals surface area contributed by atoms with Crippen LogP contribution >= 0.6 is 0 Å². The Bertz CT molecular complexity index is 900. The van der Waals surface area contributed by atoms with Gasteiger partial charge in [-0.25, -0.2) is 0 Å². The molecular weight excluding hydrogens is 594 g/mol. The molecule has 0 spiro atoms. The predicted molar refractivity (Wildman–Crippen MR) is 205 cm³/mol. The van der Waals surface area contributed by atoms with Gasteiger partial charge in [0, 0.05) is 25.8 Å². The van der Waals surface area contributed by atoms with Gasteiger partial charge in [0.2, 0.25) is 11.6 Å². The van der Waals surface area contributed by atoms with Gasteiger partial charge in [-0.15, -0.1) is 0 Å². The van der Waals surface area contributed by atoms with E-state index in [-0.39, 0.29) is 11.6 Å². The van der Waals surface area contributed by atoms with Crippen molar-refractivity contribution in [2.24, 2.45) is 0 Å². The third-order valence-corrected chi connectivity index (χ3v) is 8.88. The highest BCUT2D eigenvalue weighted by atomic mass is 16.7. The molecule has 5 nitrogen and oxygen atoms in total. The Morgan fingerprint density at radius 3 is 1.40 bits per heavy atom. The first-order valence-electron chi connectivity index (χ1n) is 19.8. The lowest BCUT2D eigenvalue weighted by atomic mass is 9.96. The Balaban J connectivity index is 2.32. The van der Waals surface area contributed by atoms with Crippen molar-refractivity contribution in [1.29, 1.82) is 0 Å². The molecule has 0 unspecified atom stereocenters. The van der Waals surface area contributed by atoms with Gasteiger partial charge in [0.05, 0.1) is 0 Å². The molecule has 0 aliphatic carbocycles. The summed E-state index contributed by atoms with van der Waals surface area (Å²) in [4.78, 5) is 28.9. The van der Waals surface area contributed by atoms with Crippen molar-refractivity contribution in [3.8, 4) is 0 Å². The number of allylic oxidation sites excluding steroid dienone is 8. The molecule has 0 N–H and O–H groups in total. The number of ether oxygens (including phenoxy) is 2. The second-order valence-electron chi connectivity index (χ2n) is 13.8. The lowest BCUT2D eigenvalue weighted by Crippen LogP contribution is -2.48. The third kappa shape index (κ3) is 22.3. The van der Waals surface area contributed by atoms with Gasteiger partial charge in [-0.3, -0.25) is 9.59 Å². The van der Waals surface area contributed by atoms with E-state index in [1.165, 1.54) is 70.5 Å². The van der Waals surface area contributed by atoms with Crippen LogP contribution in [0.5, 0.6) is 0 Å². The molecule has 274 valence electrons. The average molecular weight is 668 g/mol. The molecule has 48 heavy (non-hydrogen) atoms. The first kappa shape index (κ1) is 43.6. The molecule has 0 atom stereocenters. The van der Waals surface area contributed by atoms with Gasteiger partial charge < -0.3 is 14.4 Å². The van der Waals surface area contributed by atoms with Crippen molar-refractivity contribution in [3.05, 3.63) is 60.6 Å². The smallest absolute Gasteiger partial charge is 0.372 e. The molecule has 0 bridgehead atoms. The molecule has 0 aromatic rings. The molecule has 0 fully saturated rings. The highest BCUT2D eigenvalue weighted by Crippen LogP contribution is 2.33. The summed E-state index contributed by atoms with van der Waals surface area (Å²) in [6.45, 7) is 5.25. The number of Topliss-reactive ketones (excluding diaryl/α,β-unsaturated/α-hetero) is 2. The minimum absolute atomic E-state index is 0.225. The summed E-state index contributed by atoms with van der Waals surface area (Å²) in [6.07, 6.45) is 45.8. The van der Waals surface area contributed by atoms with Gasteiger partial charge in [-0.2, -0.15) is 0 Å². The molecule has 5 heteroatoms. The van der Waals surface area contributed by atoms with Crippen LogP contribution in [0.4, 0.5) is 0 Å². The minimum Gasteiger partial charge on any atom is -0.444 e. The zero-order valence-corrected chi connectivity index (χ0v) is 31.7. The van der Waals surface area contributed by atoms with Gasteiger partial charge in [0.15, 0.2) is 0 Å². The van der Waals surface area contributed by atoms with Crippen LogP contribution < -0.4 is 0 Å². The van der Waals surface area contributed by atoms with Crippen LogP contribution in [-0.2, 0) is 19.1 Å². The third-order valence-electron chi connectivity index (χ3n) is 8.88. The molecule has 0 aromatic heterocycles. The fraction of sp³-hybridized carbons (Fsp3) is 0.721. The van der Waals surface area contributed by atoms with Gasteiger partial charge in [-0.1, -0.05) is 127 Å². The zero-order chi connectivity index (χ0) is 35.0. The summed E-state index contributed by atoms with van der Waals surface area (Å²) < 4.78 is 11.9. The van der Waals surface area contributed by atoms with E-state index in [2.05, 4.69) is 67.4 Å². The van der Waals surface area contributed by atoms with Gasteiger partial charge in [0.1, 0.15) is 12.0 Å². The zero-order valence-electron chi connectivity index (χ0n) is 31.7. The first-order valence-corrected chi connectivity index (χ1v) is 19.8. The summed E-state index contributed by atoms with van der Waals surface area (Å²) >= 11 is 0. The second-order valence-corrected chi connectivity index (χ2v) is 13.8. The van der Waals surface area contributed by atoms with Crippen LogP contribution in [0.3, 0.4) is 0 Å². The first-order chi connectivity index (χ1) is 23.5.